The fourth-order valence-electron chi connectivity index (χ4n) is 1.23. The van der Waals surface area contributed by atoms with E-state index in [1.165, 1.54) is 6.07 Å². The Labute approximate surface area is 124 Å². The van der Waals surface area contributed by atoms with Gasteiger partial charge in [0, 0.05) is 10.0 Å². The molecule has 0 atom stereocenters. The zero-order chi connectivity index (χ0) is 14.6. The zero-order valence-electron chi connectivity index (χ0n) is 9.84. The standard InChI is InChI=1S/C10H11BrN2O4S2/c1-17-9(14)5-19(15,16)13-8-4-6(11)2-3-7(8)10(12)18/h2-4,13H,5H2,1H3,(H2,12,18). The molecule has 0 aliphatic rings. The van der Waals surface area contributed by atoms with Gasteiger partial charge in [-0.05, 0) is 18.2 Å². The minimum Gasteiger partial charge on any atom is -0.468 e. The number of nitrogens with one attached hydrogen (secondary N) is 1. The monoisotopic (exact) mass is 366 g/mol. The summed E-state index contributed by atoms with van der Waals surface area (Å²) < 4.78 is 30.7. The van der Waals surface area contributed by atoms with Gasteiger partial charge in [-0.2, -0.15) is 0 Å². The van der Waals surface area contributed by atoms with Crippen molar-refractivity contribution in [2.24, 2.45) is 5.73 Å². The van der Waals surface area contributed by atoms with Gasteiger partial charge in [-0.25, -0.2) is 8.42 Å². The fourth-order valence-corrected chi connectivity index (χ4v) is 2.78. The van der Waals surface area contributed by atoms with Gasteiger partial charge < -0.3 is 10.5 Å². The number of thiocarbonyl (C=S) groups is 1. The number of ether oxygens (including phenoxy) is 1. The molecule has 3 N–H and O–H groups in total. The van der Waals surface area contributed by atoms with Crippen molar-refractivity contribution in [1.82, 2.24) is 0 Å². The Balaban J connectivity index is 3.08. The molecule has 0 unspecified atom stereocenters. The number of nitrogens with two attached hydrogens (primary N) is 1. The lowest BCUT2D eigenvalue weighted by molar-refractivity contribution is -0.137. The number of sulfonamides is 1. The first-order valence-electron chi connectivity index (χ1n) is 4.92. The number of carbonyl (C=O) groups is 1. The highest BCUT2D eigenvalue weighted by molar-refractivity contribution is 9.10. The molecule has 19 heavy (non-hydrogen) atoms. The van der Waals surface area contributed by atoms with Gasteiger partial charge in [0.25, 0.3) is 0 Å². The number of rotatable bonds is 5. The van der Waals surface area contributed by atoms with Gasteiger partial charge in [0.05, 0.1) is 12.8 Å². The SMILES string of the molecule is COC(=O)CS(=O)(=O)Nc1cc(Br)ccc1C(N)=S. The largest absolute Gasteiger partial charge is 0.468 e. The zero-order valence-corrected chi connectivity index (χ0v) is 13.1. The van der Waals surface area contributed by atoms with Crippen LogP contribution < -0.4 is 10.5 Å². The molecular weight excluding hydrogens is 356 g/mol. The van der Waals surface area contributed by atoms with E-state index < -0.39 is 21.7 Å². The van der Waals surface area contributed by atoms with E-state index >= 15 is 0 Å². The van der Waals surface area contributed by atoms with E-state index in [0.29, 0.717) is 10.0 Å². The van der Waals surface area contributed by atoms with Gasteiger partial charge >= 0.3 is 5.97 Å². The molecule has 0 aromatic heterocycles. The van der Waals surface area contributed by atoms with Crippen molar-refractivity contribution in [3.05, 3.63) is 28.2 Å². The molecule has 0 fully saturated rings. The summed E-state index contributed by atoms with van der Waals surface area (Å²) >= 11 is 8.04. The van der Waals surface area contributed by atoms with Crippen LogP contribution in [0.15, 0.2) is 22.7 Å². The molecule has 104 valence electrons. The highest BCUT2D eigenvalue weighted by Crippen LogP contribution is 2.22. The van der Waals surface area contributed by atoms with Crippen LogP contribution in [0.5, 0.6) is 0 Å². The number of carbonyl (C=O) groups excluding carboxylic acids is 1. The first-order valence-corrected chi connectivity index (χ1v) is 7.77. The van der Waals surface area contributed by atoms with Crippen LogP contribution in [-0.4, -0.2) is 32.2 Å². The third-order valence-electron chi connectivity index (χ3n) is 2.05. The van der Waals surface area contributed by atoms with Gasteiger partial charge in [-0.3, -0.25) is 9.52 Å². The lowest BCUT2D eigenvalue weighted by Gasteiger charge is -2.11. The molecule has 0 aliphatic heterocycles. The van der Waals surface area contributed by atoms with Crippen molar-refractivity contribution < 1.29 is 17.9 Å². The Morgan fingerprint density at radius 2 is 2.16 bits per heavy atom. The van der Waals surface area contributed by atoms with Crippen LogP contribution in [-0.2, 0) is 19.6 Å². The minimum absolute atomic E-state index is 0.0447. The van der Waals surface area contributed by atoms with Crippen molar-refractivity contribution >= 4 is 54.8 Å². The number of benzene rings is 1. The molecule has 0 heterocycles. The van der Waals surface area contributed by atoms with Crippen molar-refractivity contribution in [2.75, 3.05) is 17.6 Å². The molecule has 1 rings (SSSR count). The fraction of sp³-hybridized carbons (Fsp3) is 0.200. The number of hydrogen-bond acceptors (Lipinski definition) is 5. The number of esters is 1. The van der Waals surface area contributed by atoms with Crippen LogP contribution in [0.2, 0.25) is 0 Å². The van der Waals surface area contributed by atoms with Crippen LogP contribution in [0, 0.1) is 0 Å². The Hall–Kier alpha value is -1.19. The lowest BCUT2D eigenvalue weighted by Crippen LogP contribution is -2.25. The van der Waals surface area contributed by atoms with Crippen LogP contribution in [0.4, 0.5) is 5.69 Å². The number of methoxy groups -OCH3 is 1. The molecule has 0 saturated heterocycles. The summed E-state index contributed by atoms with van der Waals surface area (Å²) in [5.74, 6) is -1.65. The van der Waals surface area contributed by atoms with Gasteiger partial charge in [0.1, 0.15) is 4.99 Å². The van der Waals surface area contributed by atoms with E-state index in [1.807, 2.05) is 0 Å². The van der Waals surface area contributed by atoms with E-state index in [4.69, 9.17) is 18.0 Å². The summed E-state index contributed by atoms with van der Waals surface area (Å²) in [5, 5.41) is 0. The van der Waals surface area contributed by atoms with Crippen molar-refractivity contribution in [2.45, 2.75) is 0 Å². The third kappa shape index (κ3) is 4.77. The second-order valence-corrected chi connectivity index (χ2v) is 6.57. The van der Waals surface area contributed by atoms with Crippen LogP contribution in [0.3, 0.4) is 0 Å². The van der Waals surface area contributed by atoms with E-state index in [1.54, 1.807) is 12.1 Å². The van der Waals surface area contributed by atoms with E-state index in [2.05, 4.69) is 25.4 Å². The summed E-state index contributed by atoms with van der Waals surface area (Å²) in [7, 11) is -2.77. The minimum atomic E-state index is -3.88. The predicted molar refractivity (Wildman–Crippen MR) is 79.5 cm³/mol. The molecule has 0 radical (unpaired) electrons. The van der Waals surface area contributed by atoms with Gasteiger partial charge in [-0.15, -0.1) is 0 Å². The topological polar surface area (TPSA) is 98.5 Å². The predicted octanol–water partition coefficient (Wildman–Crippen LogP) is 0.998. The molecule has 0 amide bonds. The molecule has 0 aliphatic carbocycles. The van der Waals surface area contributed by atoms with Crippen LogP contribution in [0.25, 0.3) is 0 Å². The summed E-state index contributed by atoms with van der Waals surface area (Å²) in [6.07, 6.45) is 0. The number of halogens is 1. The summed E-state index contributed by atoms with van der Waals surface area (Å²) in [4.78, 5) is 11.0. The average Bonchev–Trinajstić information content (AvgIpc) is 2.27. The van der Waals surface area contributed by atoms with E-state index in [0.717, 1.165) is 7.11 Å². The highest BCUT2D eigenvalue weighted by atomic mass is 79.9. The van der Waals surface area contributed by atoms with Crippen LogP contribution in [0.1, 0.15) is 5.56 Å². The summed E-state index contributed by atoms with van der Waals surface area (Å²) in [5.41, 5.74) is 6.07. The maximum absolute atomic E-state index is 11.7. The molecule has 6 nitrogen and oxygen atoms in total. The Bertz CT molecular complexity index is 616. The van der Waals surface area contributed by atoms with Crippen molar-refractivity contribution in [3.63, 3.8) is 0 Å². The maximum Gasteiger partial charge on any atom is 0.322 e. The van der Waals surface area contributed by atoms with Crippen LogP contribution >= 0.6 is 28.1 Å². The van der Waals surface area contributed by atoms with Gasteiger partial charge in [0.15, 0.2) is 5.75 Å². The summed E-state index contributed by atoms with van der Waals surface area (Å²) in [6, 6.07) is 4.75. The molecular formula is C10H11BrN2O4S2. The Kier molecular flexibility index (Phi) is 5.27. The number of anilines is 1. The normalized spacial score (nSPS) is 10.8. The Morgan fingerprint density at radius 1 is 1.53 bits per heavy atom. The number of hydrogen-bond donors (Lipinski definition) is 2. The Morgan fingerprint density at radius 3 is 2.68 bits per heavy atom. The molecule has 1 aromatic carbocycles. The second-order valence-electron chi connectivity index (χ2n) is 3.49. The first kappa shape index (κ1) is 15.9. The lowest BCUT2D eigenvalue weighted by atomic mass is 10.2. The van der Waals surface area contributed by atoms with E-state index in [9.17, 15) is 13.2 Å². The quantitative estimate of drug-likeness (QED) is 0.595. The smallest absolute Gasteiger partial charge is 0.322 e. The molecule has 0 spiro atoms. The highest BCUT2D eigenvalue weighted by Gasteiger charge is 2.19. The van der Waals surface area contributed by atoms with E-state index in [-0.39, 0.29) is 10.7 Å². The van der Waals surface area contributed by atoms with Gasteiger partial charge in [-0.1, -0.05) is 28.1 Å². The second kappa shape index (κ2) is 6.31. The van der Waals surface area contributed by atoms with Crippen molar-refractivity contribution in [3.8, 4) is 0 Å². The molecule has 0 saturated carbocycles. The molecule has 9 heteroatoms. The average molecular weight is 367 g/mol. The molecule has 1 aromatic rings. The summed E-state index contributed by atoms with van der Waals surface area (Å²) in [6.45, 7) is 0. The molecule has 0 bridgehead atoms. The van der Waals surface area contributed by atoms with Crippen molar-refractivity contribution in [1.29, 1.82) is 0 Å². The maximum atomic E-state index is 11.7. The first-order chi connectivity index (χ1) is 8.75. The van der Waals surface area contributed by atoms with Gasteiger partial charge in [0.2, 0.25) is 10.0 Å². The third-order valence-corrected chi connectivity index (χ3v) is 3.91.